The average Bonchev–Trinajstić information content (AvgIpc) is 3.91. The van der Waals surface area contributed by atoms with Gasteiger partial charge in [-0.25, -0.2) is 0 Å². The van der Waals surface area contributed by atoms with Crippen LogP contribution >= 0.6 is 0 Å². The lowest BCUT2D eigenvalue weighted by Gasteiger charge is -2.36. The van der Waals surface area contributed by atoms with Crippen molar-refractivity contribution in [2.45, 2.75) is 12.3 Å². The Labute approximate surface area is 316 Å². The number of furan rings is 1. The number of fused-ring (bicyclic) bond motifs is 10. The standard InChI is InChI=1S/C50H34N4O/c1-2-13-33(14-3-1)53-43-22-9-5-15-34(43)40-29-31(25-27-45(40)53)32-26-28-46-41(30-32)35-16-6-10-23-44(35)54(46)50-51-42-21-8-4-18-38(42)48(52-50)39-20-12-19-37-36-17-7-11-24-47(36)55-49(37)39/h1-30,48,50-52H. The third kappa shape index (κ3) is 4.51. The van der Waals surface area contributed by atoms with Crippen LogP contribution < -0.4 is 10.6 Å². The molecule has 0 amide bonds. The second kappa shape index (κ2) is 11.7. The number of hydrogen-bond donors (Lipinski definition) is 2. The predicted octanol–water partition coefficient (Wildman–Crippen LogP) is 12.7. The maximum Gasteiger partial charge on any atom is 0.160 e. The number of nitrogens with one attached hydrogen (secondary N) is 2. The molecule has 0 spiro atoms. The predicted molar refractivity (Wildman–Crippen MR) is 227 cm³/mol. The lowest BCUT2D eigenvalue weighted by atomic mass is 9.94. The Hall–Kier alpha value is -7.08. The maximum absolute atomic E-state index is 6.58. The second-order valence-electron chi connectivity index (χ2n) is 14.6. The van der Waals surface area contributed by atoms with Crippen LogP contribution in [0.4, 0.5) is 5.69 Å². The van der Waals surface area contributed by atoms with Gasteiger partial charge in [-0.3, -0.25) is 5.32 Å². The second-order valence-corrected chi connectivity index (χ2v) is 14.6. The first-order chi connectivity index (χ1) is 27.3. The summed E-state index contributed by atoms with van der Waals surface area (Å²) in [5.41, 5.74) is 13.6. The zero-order chi connectivity index (χ0) is 36.0. The van der Waals surface area contributed by atoms with Crippen molar-refractivity contribution >= 4 is 71.2 Å². The maximum atomic E-state index is 6.58. The van der Waals surface area contributed by atoms with Gasteiger partial charge in [-0.15, -0.1) is 0 Å². The average molecular weight is 707 g/mol. The van der Waals surface area contributed by atoms with Crippen LogP contribution in [0.15, 0.2) is 186 Å². The smallest absolute Gasteiger partial charge is 0.160 e. The number of benzene rings is 8. The zero-order valence-electron chi connectivity index (χ0n) is 29.8. The molecule has 8 aromatic carbocycles. The first-order valence-corrected chi connectivity index (χ1v) is 18.9. The number of nitrogens with zero attached hydrogens (tertiary/aromatic N) is 2. The number of rotatable bonds is 4. The molecule has 0 saturated heterocycles. The summed E-state index contributed by atoms with van der Waals surface area (Å²) in [5.74, 6) is 0. The van der Waals surface area contributed by atoms with E-state index in [4.69, 9.17) is 4.42 Å². The topological polar surface area (TPSA) is 47.1 Å². The Morgan fingerprint density at radius 1 is 0.436 bits per heavy atom. The third-order valence-corrected chi connectivity index (χ3v) is 11.6. The van der Waals surface area contributed by atoms with Gasteiger partial charge in [0.15, 0.2) is 6.29 Å². The highest BCUT2D eigenvalue weighted by molar-refractivity contribution is 6.12. The van der Waals surface area contributed by atoms with Crippen LogP contribution in [0.5, 0.6) is 0 Å². The van der Waals surface area contributed by atoms with Crippen molar-refractivity contribution in [2.24, 2.45) is 0 Å². The summed E-state index contributed by atoms with van der Waals surface area (Å²) in [6.07, 6.45) is -0.228. The summed E-state index contributed by atoms with van der Waals surface area (Å²) >= 11 is 0. The minimum Gasteiger partial charge on any atom is -0.456 e. The molecule has 3 aromatic heterocycles. The van der Waals surface area contributed by atoms with E-state index in [0.717, 1.165) is 38.7 Å². The fourth-order valence-corrected chi connectivity index (χ4v) is 9.18. The monoisotopic (exact) mass is 706 g/mol. The van der Waals surface area contributed by atoms with Crippen LogP contribution in [0.2, 0.25) is 0 Å². The molecule has 0 aliphatic carbocycles. The molecular weight excluding hydrogens is 673 g/mol. The fourth-order valence-electron chi connectivity index (χ4n) is 9.18. The largest absolute Gasteiger partial charge is 0.456 e. The molecular formula is C50H34N4O. The molecule has 4 heterocycles. The molecule has 2 atom stereocenters. The highest BCUT2D eigenvalue weighted by Crippen LogP contribution is 2.43. The van der Waals surface area contributed by atoms with E-state index in [1.807, 2.05) is 6.07 Å². The summed E-state index contributed by atoms with van der Waals surface area (Å²) in [6, 6.07) is 65.3. The van der Waals surface area contributed by atoms with Crippen molar-refractivity contribution in [1.29, 1.82) is 0 Å². The zero-order valence-corrected chi connectivity index (χ0v) is 29.8. The molecule has 1 aliphatic rings. The summed E-state index contributed by atoms with van der Waals surface area (Å²) in [4.78, 5) is 0. The summed E-state index contributed by atoms with van der Waals surface area (Å²) in [7, 11) is 0. The molecule has 0 bridgehead atoms. The highest BCUT2D eigenvalue weighted by atomic mass is 16.3. The minimum atomic E-state index is -0.228. The molecule has 2 unspecified atom stereocenters. The fraction of sp³-hybridized carbons (Fsp3) is 0.0400. The van der Waals surface area contributed by atoms with Crippen molar-refractivity contribution in [1.82, 2.24) is 14.5 Å². The molecule has 0 saturated carbocycles. The molecule has 1 aliphatic heterocycles. The van der Waals surface area contributed by atoms with Gasteiger partial charge in [-0.1, -0.05) is 121 Å². The summed E-state index contributed by atoms with van der Waals surface area (Å²) in [6.45, 7) is 0. The molecule has 0 radical (unpaired) electrons. The van der Waals surface area contributed by atoms with Crippen LogP contribution in [0.1, 0.15) is 23.5 Å². The number of aromatic nitrogens is 2. The number of para-hydroxylation sites is 6. The molecule has 5 heteroatoms. The van der Waals surface area contributed by atoms with Crippen LogP contribution in [-0.2, 0) is 0 Å². The van der Waals surface area contributed by atoms with E-state index in [2.05, 4.69) is 196 Å². The van der Waals surface area contributed by atoms with E-state index in [1.165, 1.54) is 60.5 Å². The molecule has 0 fully saturated rings. The van der Waals surface area contributed by atoms with Crippen LogP contribution in [0.25, 0.3) is 82.4 Å². The van der Waals surface area contributed by atoms with Crippen molar-refractivity contribution in [3.63, 3.8) is 0 Å². The van der Waals surface area contributed by atoms with Crippen molar-refractivity contribution in [3.05, 3.63) is 193 Å². The van der Waals surface area contributed by atoms with Crippen LogP contribution in [0, 0.1) is 0 Å². The lowest BCUT2D eigenvalue weighted by Crippen LogP contribution is -2.40. The molecule has 260 valence electrons. The van der Waals surface area contributed by atoms with E-state index in [9.17, 15) is 0 Å². The number of anilines is 1. The van der Waals surface area contributed by atoms with Gasteiger partial charge in [0.2, 0.25) is 0 Å². The SMILES string of the molecule is c1ccc(-n2c3ccccc3c3cc(-c4ccc5c(c4)c4ccccc4n5C4Nc5ccccc5C(c5cccc6c5oc5ccccc56)N4)ccc32)cc1. The van der Waals surface area contributed by atoms with E-state index in [0.29, 0.717) is 0 Å². The summed E-state index contributed by atoms with van der Waals surface area (Å²) in [5, 5.41) is 15.1. The van der Waals surface area contributed by atoms with Gasteiger partial charge in [0.1, 0.15) is 11.2 Å². The van der Waals surface area contributed by atoms with E-state index in [1.54, 1.807) is 0 Å². The van der Waals surface area contributed by atoms with Crippen molar-refractivity contribution in [3.8, 4) is 16.8 Å². The Morgan fingerprint density at radius 2 is 1.02 bits per heavy atom. The van der Waals surface area contributed by atoms with Crippen molar-refractivity contribution < 1.29 is 4.42 Å². The first kappa shape index (κ1) is 30.4. The van der Waals surface area contributed by atoms with Crippen LogP contribution in [-0.4, -0.2) is 9.13 Å². The molecule has 5 nitrogen and oxygen atoms in total. The molecule has 55 heavy (non-hydrogen) atoms. The lowest BCUT2D eigenvalue weighted by molar-refractivity contribution is 0.416. The Kier molecular flexibility index (Phi) is 6.47. The van der Waals surface area contributed by atoms with Gasteiger partial charge in [0, 0.05) is 49.3 Å². The quantitative estimate of drug-likeness (QED) is 0.192. The minimum absolute atomic E-state index is 0.105. The van der Waals surface area contributed by atoms with Gasteiger partial charge in [-0.2, -0.15) is 0 Å². The normalized spacial score (nSPS) is 15.7. The van der Waals surface area contributed by atoms with Crippen molar-refractivity contribution in [2.75, 3.05) is 5.32 Å². The van der Waals surface area contributed by atoms with Gasteiger partial charge in [0.25, 0.3) is 0 Å². The highest BCUT2D eigenvalue weighted by Gasteiger charge is 2.31. The number of hydrogen-bond acceptors (Lipinski definition) is 3. The Morgan fingerprint density at radius 3 is 1.85 bits per heavy atom. The third-order valence-electron chi connectivity index (χ3n) is 11.6. The van der Waals surface area contributed by atoms with E-state index >= 15 is 0 Å². The Balaban J connectivity index is 1.01. The van der Waals surface area contributed by atoms with E-state index < -0.39 is 0 Å². The molecule has 12 rings (SSSR count). The Bertz CT molecular complexity index is 3300. The summed E-state index contributed by atoms with van der Waals surface area (Å²) < 4.78 is 11.4. The van der Waals surface area contributed by atoms with Gasteiger partial charge < -0.3 is 18.9 Å². The molecule has 11 aromatic rings. The van der Waals surface area contributed by atoms with E-state index in [-0.39, 0.29) is 12.3 Å². The van der Waals surface area contributed by atoms with Crippen LogP contribution in [0.3, 0.4) is 0 Å². The molecule has 2 N–H and O–H groups in total. The van der Waals surface area contributed by atoms with Gasteiger partial charge >= 0.3 is 0 Å². The van der Waals surface area contributed by atoms with Gasteiger partial charge in [-0.05, 0) is 77.4 Å². The van der Waals surface area contributed by atoms with Gasteiger partial charge in [0.05, 0.1) is 28.1 Å². The first-order valence-electron chi connectivity index (χ1n) is 18.9.